The van der Waals surface area contributed by atoms with Crippen molar-refractivity contribution in [1.29, 1.82) is 5.39 Å². The lowest BCUT2D eigenvalue weighted by atomic mass is 10.2. The van der Waals surface area contributed by atoms with E-state index in [1.807, 2.05) is 19.2 Å². The number of benzene rings is 3. The quantitative estimate of drug-likeness (QED) is 0.180. The number of fused-ring (bicyclic) bond motifs is 2. The molecule has 1 aliphatic heterocycles. The molecule has 0 atom stereocenters. The summed E-state index contributed by atoms with van der Waals surface area (Å²) in [4.78, 5) is 5.30. The Labute approximate surface area is 239 Å². The number of diazo groups is 1. The van der Waals surface area contributed by atoms with Crippen molar-refractivity contribution >= 4 is 28.6 Å². The van der Waals surface area contributed by atoms with E-state index >= 15 is 0 Å². The third-order valence-electron chi connectivity index (χ3n) is 7.50. The van der Waals surface area contributed by atoms with Crippen LogP contribution < -0.4 is 18.9 Å². The van der Waals surface area contributed by atoms with Gasteiger partial charge in [0.2, 0.25) is 11.0 Å². The standard InChI is InChI=1S/C34H32N4O3/c1-5-38-29-17-7-23(3)21-31(29)41-33(38)19-11-25-9-8-24(34(25)39-27-14-12-26(36-35)13-15-27)10-18-32-37(4)28-16-6-22(2)20-30(28)40-32/h6-7,10-21H,5,8-9H2,1-4H3/q+2. The van der Waals surface area contributed by atoms with Crippen LogP contribution in [-0.2, 0) is 6.54 Å². The highest BCUT2D eigenvalue weighted by Crippen LogP contribution is 2.39. The van der Waals surface area contributed by atoms with Crippen molar-refractivity contribution in [2.45, 2.75) is 40.2 Å². The van der Waals surface area contributed by atoms with E-state index in [9.17, 15) is 0 Å². The smallest absolute Gasteiger partial charge is 0.385 e. The monoisotopic (exact) mass is 544 g/mol. The van der Waals surface area contributed by atoms with E-state index in [0.717, 1.165) is 76.2 Å². The highest BCUT2D eigenvalue weighted by molar-refractivity contribution is 5.71. The van der Waals surface area contributed by atoms with Crippen LogP contribution in [0.1, 0.15) is 36.8 Å². The van der Waals surface area contributed by atoms with Crippen molar-refractivity contribution in [3.63, 3.8) is 0 Å². The first-order valence-corrected chi connectivity index (χ1v) is 13.8. The predicted molar refractivity (Wildman–Crippen MR) is 160 cm³/mol. The van der Waals surface area contributed by atoms with Crippen LogP contribution in [-0.4, -0.2) is 7.05 Å². The molecule has 4 aromatic rings. The van der Waals surface area contributed by atoms with Crippen molar-refractivity contribution in [3.8, 4) is 11.5 Å². The van der Waals surface area contributed by atoms with Crippen LogP contribution in [0.25, 0.3) is 22.2 Å². The van der Waals surface area contributed by atoms with Gasteiger partial charge in [0.05, 0.1) is 11.8 Å². The van der Waals surface area contributed by atoms with E-state index in [0.29, 0.717) is 11.4 Å². The molecular weight excluding hydrogens is 512 g/mol. The molecule has 204 valence electrons. The number of nitrogens with zero attached hydrogens (tertiary/aromatic N) is 4. The van der Waals surface area contributed by atoms with Gasteiger partial charge in [0.15, 0.2) is 16.6 Å². The lowest BCUT2D eigenvalue weighted by Gasteiger charge is -2.11. The molecule has 0 saturated carbocycles. The Bertz CT molecular complexity index is 1820. The summed E-state index contributed by atoms with van der Waals surface area (Å²) in [6.45, 7) is 7.05. The zero-order valence-electron chi connectivity index (χ0n) is 23.7. The second-order valence-electron chi connectivity index (χ2n) is 10.4. The van der Waals surface area contributed by atoms with Crippen LogP contribution in [0.5, 0.6) is 11.5 Å². The lowest BCUT2D eigenvalue weighted by molar-refractivity contribution is -0.674. The molecule has 0 N–H and O–H groups in total. The summed E-state index contributed by atoms with van der Waals surface area (Å²) < 4.78 is 21.0. The SMILES string of the molecule is CC[n+]1c(/C=C/C2=C(Oc3ccc([N+]#N)cc3)C(=C/C=C3\Oc4cc(C)ccc4N3C)/CC2)oc2cc(C)ccc21. The van der Waals surface area contributed by atoms with Crippen LogP contribution >= 0.6 is 0 Å². The maximum Gasteiger partial charge on any atom is 0.385 e. The summed E-state index contributed by atoms with van der Waals surface area (Å²) >= 11 is 0. The summed E-state index contributed by atoms with van der Waals surface area (Å²) in [5.74, 6) is 3.88. The molecule has 0 amide bonds. The maximum absolute atomic E-state index is 9.08. The molecule has 0 fully saturated rings. The number of allylic oxidation sites excluding steroid dienone is 5. The number of hydrogen-bond acceptors (Lipinski definition) is 5. The van der Waals surface area contributed by atoms with Crippen molar-refractivity contribution in [2.24, 2.45) is 0 Å². The molecule has 2 aliphatic rings. The Morgan fingerprint density at radius 1 is 0.976 bits per heavy atom. The van der Waals surface area contributed by atoms with Gasteiger partial charge in [-0.25, -0.2) is 0 Å². The number of aromatic nitrogens is 1. The molecular formula is C34H32N4O3+2. The van der Waals surface area contributed by atoms with E-state index in [1.165, 1.54) is 5.56 Å². The second-order valence-corrected chi connectivity index (χ2v) is 10.4. The first kappa shape index (κ1) is 26.1. The summed E-state index contributed by atoms with van der Waals surface area (Å²) in [5, 5.41) is 9.08. The molecule has 7 heteroatoms. The molecule has 1 aromatic heterocycles. The minimum Gasteiger partial charge on any atom is -0.457 e. The van der Waals surface area contributed by atoms with Crippen molar-refractivity contribution in [3.05, 3.63) is 124 Å². The number of oxazole rings is 1. The largest absolute Gasteiger partial charge is 0.457 e. The van der Waals surface area contributed by atoms with Crippen molar-refractivity contribution < 1.29 is 18.5 Å². The van der Waals surface area contributed by atoms with Crippen molar-refractivity contribution in [1.82, 2.24) is 0 Å². The third-order valence-corrected chi connectivity index (χ3v) is 7.50. The number of ether oxygens (including phenoxy) is 2. The molecule has 0 unspecified atom stereocenters. The summed E-state index contributed by atoms with van der Waals surface area (Å²) in [7, 11) is 2.01. The number of anilines is 1. The fourth-order valence-electron chi connectivity index (χ4n) is 5.28. The molecule has 2 heterocycles. The second kappa shape index (κ2) is 10.8. The van der Waals surface area contributed by atoms with Crippen LogP contribution in [0.15, 0.2) is 106 Å². The van der Waals surface area contributed by atoms with Crippen molar-refractivity contribution in [2.75, 3.05) is 11.9 Å². The molecule has 1 aliphatic carbocycles. The van der Waals surface area contributed by atoms with E-state index < -0.39 is 0 Å². The highest BCUT2D eigenvalue weighted by atomic mass is 16.5. The number of rotatable bonds is 6. The van der Waals surface area contributed by atoms with E-state index in [1.54, 1.807) is 24.3 Å². The average molecular weight is 545 g/mol. The summed E-state index contributed by atoms with van der Waals surface area (Å²) in [5.41, 5.74) is 7.94. The zero-order valence-corrected chi connectivity index (χ0v) is 23.7. The summed E-state index contributed by atoms with van der Waals surface area (Å²) in [6.07, 6.45) is 9.85. The molecule has 6 rings (SSSR count). The van der Waals surface area contributed by atoms with Gasteiger partial charge >= 0.3 is 11.6 Å². The van der Waals surface area contributed by atoms with Gasteiger partial charge in [0.1, 0.15) is 18.1 Å². The number of hydrogen-bond donors (Lipinski definition) is 0. The first-order chi connectivity index (χ1) is 19.9. The highest BCUT2D eigenvalue weighted by Gasteiger charge is 2.25. The van der Waals surface area contributed by atoms with Crippen LogP contribution in [0, 0.1) is 19.2 Å². The fraction of sp³-hybridized carbons (Fsp3) is 0.206. The van der Waals surface area contributed by atoms with Gasteiger partial charge in [-0.1, -0.05) is 12.1 Å². The Hall–Kier alpha value is -5.09. The van der Waals surface area contributed by atoms with Gasteiger partial charge in [0.25, 0.3) is 5.52 Å². The van der Waals surface area contributed by atoms with Gasteiger partial charge in [0, 0.05) is 25.2 Å². The number of aryl methyl sites for hydroxylation is 3. The van der Waals surface area contributed by atoms with Gasteiger partial charge in [-0.15, -0.1) is 0 Å². The molecule has 0 radical (unpaired) electrons. The Morgan fingerprint density at radius 3 is 2.54 bits per heavy atom. The van der Waals surface area contributed by atoms with Crippen LogP contribution in [0.2, 0.25) is 0 Å². The van der Waals surface area contributed by atoms with Gasteiger partial charge in [-0.05, 0) is 104 Å². The molecule has 41 heavy (non-hydrogen) atoms. The van der Waals surface area contributed by atoms with E-state index in [4.69, 9.17) is 19.3 Å². The predicted octanol–water partition coefficient (Wildman–Crippen LogP) is 8.28. The maximum atomic E-state index is 9.08. The Morgan fingerprint density at radius 2 is 1.76 bits per heavy atom. The average Bonchev–Trinajstić information content (AvgIpc) is 3.63. The molecule has 0 bridgehead atoms. The topological polar surface area (TPSA) is 66.9 Å². The van der Waals surface area contributed by atoms with Gasteiger partial charge in [-0.3, -0.25) is 0 Å². The van der Waals surface area contributed by atoms with E-state index in [2.05, 4.69) is 83.8 Å². The Kier molecular flexibility index (Phi) is 6.90. The summed E-state index contributed by atoms with van der Waals surface area (Å²) in [6, 6.07) is 19.5. The molecule has 0 saturated heterocycles. The lowest BCUT2D eigenvalue weighted by Crippen LogP contribution is -2.33. The molecule has 3 aromatic carbocycles. The minimum atomic E-state index is 0.471. The van der Waals surface area contributed by atoms with Crippen LogP contribution in [0.4, 0.5) is 11.4 Å². The molecule has 7 nitrogen and oxygen atoms in total. The van der Waals surface area contributed by atoms with Crippen LogP contribution in [0.3, 0.4) is 0 Å². The zero-order chi connectivity index (χ0) is 28.5. The normalized spacial score (nSPS) is 16.7. The van der Waals surface area contributed by atoms with Gasteiger partial charge in [-0.2, -0.15) is 4.57 Å². The third kappa shape index (κ3) is 5.12. The fourth-order valence-corrected chi connectivity index (χ4v) is 5.28. The molecule has 0 spiro atoms. The Balaban J connectivity index is 1.36. The first-order valence-electron chi connectivity index (χ1n) is 13.8. The van der Waals surface area contributed by atoms with Gasteiger partial charge < -0.3 is 18.8 Å². The minimum absolute atomic E-state index is 0.471. The van der Waals surface area contributed by atoms with E-state index in [-0.39, 0.29) is 0 Å².